The average Bonchev–Trinajstić information content (AvgIpc) is 2.05. The molecular weight excluding hydrogens is 182 g/mol. The smallest absolute Gasteiger partial charge is 0.257 e. The Morgan fingerprint density at radius 1 is 1.62 bits per heavy atom. The summed E-state index contributed by atoms with van der Waals surface area (Å²) in [5.74, 6) is 0. The van der Waals surface area contributed by atoms with E-state index in [1.807, 2.05) is 26.0 Å². The maximum atomic E-state index is 5.37. The van der Waals surface area contributed by atoms with Crippen molar-refractivity contribution < 1.29 is 4.74 Å². The molecule has 0 aromatic heterocycles. The number of hydrogen-bond donors (Lipinski definition) is 1. The molecule has 0 aromatic rings. The van der Waals surface area contributed by atoms with Crippen molar-refractivity contribution in [3.8, 4) is 0 Å². The molecule has 0 aliphatic carbocycles. The first-order chi connectivity index (χ1) is 6.20. The van der Waals surface area contributed by atoms with Gasteiger partial charge in [-0.05, 0) is 38.6 Å². The third-order valence-corrected chi connectivity index (χ3v) is 1.80. The van der Waals surface area contributed by atoms with E-state index >= 15 is 0 Å². The van der Waals surface area contributed by atoms with Gasteiger partial charge < -0.3 is 10.1 Å². The van der Waals surface area contributed by atoms with Gasteiger partial charge in [-0.15, -0.1) is 0 Å². The molecule has 3 heteroatoms. The number of ether oxygens (including phenoxy) is 1. The summed E-state index contributed by atoms with van der Waals surface area (Å²) < 4.78 is 5.37. The topological polar surface area (TPSA) is 21.3 Å². The molecule has 0 aliphatic heterocycles. The highest BCUT2D eigenvalue weighted by Gasteiger charge is 2.00. The largest absolute Gasteiger partial charge is 0.464 e. The molecule has 0 saturated carbocycles. The molecule has 0 unspecified atom stereocenters. The lowest BCUT2D eigenvalue weighted by atomic mass is 10.3. The lowest BCUT2D eigenvalue weighted by Crippen LogP contribution is -2.27. The van der Waals surface area contributed by atoms with E-state index in [1.165, 1.54) is 6.42 Å². The zero-order valence-electron chi connectivity index (χ0n) is 8.67. The molecule has 76 valence electrons. The fourth-order valence-electron chi connectivity index (χ4n) is 0.888. The Kier molecular flexibility index (Phi) is 7.69. The molecule has 0 aromatic carbocycles. The Morgan fingerprint density at radius 3 is 2.85 bits per heavy atom. The molecule has 0 saturated heterocycles. The highest BCUT2D eigenvalue weighted by molar-refractivity contribution is 7.80. The molecule has 13 heavy (non-hydrogen) atoms. The van der Waals surface area contributed by atoms with Gasteiger partial charge in [0, 0.05) is 6.54 Å². The zero-order valence-corrected chi connectivity index (χ0v) is 9.49. The predicted molar refractivity (Wildman–Crippen MR) is 60.9 cm³/mol. The number of thiocarbonyl (C=S) groups is 1. The maximum Gasteiger partial charge on any atom is 0.257 e. The summed E-state index contributed by atoms with van der Waals surface area (Å²) in [6.07, 6.45) is 6.28. The van der Waals surface area contributed by atoms with Crippen LogP contribution in [0.1, 0.15) is 33.6 Å². The van der Waals surface area contributed by atoms with Crippen molar-refractivity contribution in [2.24, 2.45) is 0 Å². The molecule has 1 N–H and O–H groups in total. The number of rotatable bonds is 5. The van der Waals surface area contributed by atoms with E-state index in [-0.39, 0.29) is 6.10 Å². The first kappa shape index (κ1) is 12.4. The van der Waals surface area contributed by atoms with Crippen LogP contribution in [-0.4, -0.2) is 17.8 Å². The Balaban J connectivity index is 3.50. The second-order valence-electron chi connectivity index (χ2n) is 2.92. The van der Waals surface area contributed by atoms with E-state index in [4.69, 9.17) is 17.0 Å². The summed E-state index contributed by atoms with van der Waals surface area (Å²) in [7, 11) is 0. The number of unbranched alkanes of at least 4 members (excludes halogenated alkanes) is 1. The molecule has 2 nitrogen and oxygen atoms in total. The van der Waals surface area contributed by atoms with Crippen LogP contribution in [0, 0.1) is 0 Å². The first-order valence-corrected chi connectivity index (χ1v) is 5.18. The van der Waals surface area contributed by atoms with Crippen LogP contribution in [0.5, 0.6) is 0 Å². The minimum absolute atomic E-state index is 0.0617. The Morgan fingerprint density at radius 2 is 2.31 bits per heavy atom. The Hall–Kier alpha value is -0.570. The van der Waals surface area contributed by atoms with Crippen LogP contribution in [-0.2, 0) is 4.74 Å². The molecule has 0 spiro atoms. The monoisotopic (exact) mass is 201 g/mol. The molecule has 0 amide bonds. The van der Waals surface area contributed by atoms with Gasteiger partial charge >= 0.3 is 0 Å². The van der Waals surface area contributed by atoms with Crippen molar-refractivity contribution in [3.05, 3.63) is 12.2 Å². The van der Waals surface area contributed by atoms with Gasteiger partial charge in [0.2, 0.25) is 0 Å². The van der Waals surface area contributed by atoms with Crippen molar-refractivity contribution in [2.45, 2.75) is 39.7 Å². The van der Waals surface area contributed by atoms with Gasteiger partial charge in [-0.1, -0.05) is 19.4 Å². The molecule has 0 bridgehead atoms. The van der Waals surface area contributed by atoms with Crippen LogP contribution in [0.4, 0.5) is 0 Å². The van der Waals surface area contributed by atoms with Crippen LogP contribution in [0.2, 0.25) is 0 Å². The van der Waals surface area contributed by atoms with Gasteiger partial charge in [0.1, 0.15) is 6.10 Å². The van der Waals surface area contributed by atoms with E-state index in [9.17, 15) is 0 Å². The van der Waals surface area contributed by atoms with E-state index in [2.05, 4.69) is 12.2 Å². The zero-order chi connectivity index (χ0) is 10.1. The van der Waals surface area contributed by atoms with Crippen LogP contribution < -0.4 is 5.32 Å². The molecule has 0 fully saturated rings. The third-order valence-electron chi connectivity index (χ3n) is 1.56. The summed E-state index contributed by atoms with van der Waals surface area (Å²) in [4.78, 5) is 0. The molecule has 1 atom stereocenters. The van der Waals surface area contributed by atoms with Gasteiger partial charge in [-0.2, -0.15) is 0 Å². The minimum Gasteiger partial charge on any atom is -0.464 e. The molecule has 0 rings (SSSR count). The molecule has 0 aliphatic rings. The van der Waals surface area contributed by atoms with Gasteiger partial charge in [-0.25, -0.2) is 0 Å². The van der Waals surface area contributed by atoms with Crippen molar-refractivity contribution in [1.29, 1.82) is 0 Å². The van der Waals surface area contributed by atoms with Gasteiger partial charge in [0.15, 0.2) is 0 Å². The lowest BCUT2D eigenvalue weighted by Gasteiger charge is -2.12. The quantitative estimate of drug-likeness (QED) is 0.420. The van der Waals surface area contributed by atoms with Crippen molar-refractivity contribution in [2.75, 3.05) is 6.54 Å². The van der Waals surface area contributed by atoms with Gasteiger partial charge in [0.25, 0.3) is 5.17 Å². The summed E-state index contributed by atoms with van der Waals surface area (Å²) in [6, 6.07) is 0. The lowest BCUT2D eigenvalue weighted by molar-refractivity contribution is 0.251. The second-order valence-corrected chi connectivity index (χ2v) is 3.29. The number of allylic oxidation sites excluding steroid dienone is 1. The summed E-state index contributed by atoms with van der Waals surface area (Å²) in [5, 5.41) is 3.55. The van der Waals surface area contributed by atoms with Crippen molar-refractivity contribution >= 4 is 17.4 Å². The van der Waals surface area contributed by atoms with Crippen LogP contribution in [0.3, 0.4) is 0 Å². The highest BCUT2D eigenvalue weighted by Crippen LogP contribution is 1.94. The van der Waals surface area contributed by atoms with Crippen LogP contribution in [0.15, 0.2) is 12.2 Å². The normalized spacial score (nSPS) is 12.8. The van der Waals surface area contributed by atoms with Gasteiger partial charge in [-0.3, -0.25) is 0 Å². The Labute approximate surface area is 86.4 Å². The van der Waals surface area contributed by atoms with Crippen molar-refractivity contribution in [1.82, 2.24) is 5.32 Å². The molecule has 0 radical (unpaired) electrons. The van der Waals surface area contributed by atoms with Crippen molar-refractivity contribution in [3.63, 3.8) is 0 Å². The summed E-state index contributed by atoms with van der Waals surface area (Å²) in [6.45, 7) is 6.98. The van der Waals surface area contributed by atoms with E-state index in [0.717, 1.165) is 13.0 Å². The second kappa shape index (κ2) is 8.05. The van der Waals surface area contributed by atoms with Crippen LogP contribution >= 0.6 is 12.2 Å². The molecular formula is C10H19NOS. The predicted octanol–water partition coefficient (Wildman–Crippen LogP) is 2.64. The average molecular weight is 201 g/mol. The number of nitrogens with one attached hydrogen (secondary N) is 1. The Bertz CT molecular complexity index is 168. The van der Waals surface area contributed by atoms with Crippen LogP contribution in [0.25, 0.3) is 0 Å². The first-order valence-electron chi connectivity index (χ1n) is 4.78. The summed E-state index contributed by atoms with van der Waals surface area (Å²) in [5.41, 5.74) is 0. The molecule has 0 heterocycles. The third kappa shape index (κ3) is 7.78. The highest BCUT2D eigenvalue weighted by atomic mass is 32.1. The van der Waals surface area contributed by atoms with E-state index in [1.54, 1.807) is 0 Å². The summed E-state index contributed by atoms with van der Waals surface area (Å²) >= 11 is 4.99. The fourth-order valence-corrected chi connectivity index (χ4v) is 1.14. The number of hydrogen-bond acceptors (Lipinski definition) is 2. The standard InChI is InChI=1S/C10H19NOS/c1-4-6-8-11-10(13)12-9(3)7-5-2/h5,7,9H,4,6,8H2,1-3H3,(H,11,13)/b7-5+/t9-/m1/s1. The minimum atomic E-state index is 0.0617. The maximum absolute atomic E-state index is 5.37. The van der Waals surface area contributed by atoms with E-state index in [0.29, 0.717) is 5.17 Å². The fraction of sp³-hybridized carbons (Fsp3) is 0.700. The SMILES string of the molecule is C/C=C/[C@@H](C)OC(=S)NCCCC. The van der Waals surface area contributed by atoms with E-state index < -0.39 is 0 Å². The van der Waals surface area contributed by atoms with Gasteiger partial charge in [0.05, 0.1) is 0 Å².